The van der Waals surface area contributed by atoms with Crippen LogP contribution in [0.25, 0.3) is 28.2 Å². The molecule has 4 rings (SSSR count). The summed E-state index contributed by atoms with van der Waals surface area (Å²) in [4.78, 5) is 20.7. The summed E-state index contributed by atoms with van der Waals surface area (Å²) in [6, 6.07) is 15.0. The molecule has 0 aliphatic rings. The largest absolute Gasteiger partial charge is 0.311 e. The van der Waals surface area contributed by atoms with Crippen LogP contribution in [-0.2, 0) is 4.79 Å². The van der Waals surface area contributed by atoms with Gasteiger partial charge in [0.1, 0.15) is 11.5 Å². The number of benzene rings is 1. The maximum absolute atomic E-state index is 11.7. The monoisotopic (exact) mass is 377 g/mol. The van der Waals surface area contributed by atoms with E-state index in [1.807, 2.05) is 48.5 Å². The average Bonchev–Trinajstić information content (AvgIpc) is 3.08. The van der Waals surface area contributed by atoms with Crippen LogP contribution in [0.3, 0.4) is 0 Å². The van der Waals surface area contributed by atoms with Gasteiger partial charge >= 0.3 is 0 Å². The predicted octanol–water partition coefficient (Wildman–Crippen LogP) is 4.46. The lowest BCUT2D eigenvalue weighted by Crippen LogP contribution is -2.10. The molecule has 7 heteroatoms. The lowest BCUT2D eigenvalue weighted by Gasteiger charge is -2.08. The van der Waals surface area contributed by atoms with Gasteiger partial charge in [0, 0.05) is 35.0 Å². The Balaban J connectivity index is 1.92. The Morgan fingerprint density at radius 1 is 1.11 bits per heavy atom. The van der Waals surface area contributed by atoms with Crippen molar-refractivity contribution in [2.75, 3.05) is 5.32 Å². The molecule has 27 heavy (non-hydrogen) atoms. The standard InChI is InChI=1S/C20H16ClN5O/c1-2-18(27)24-16-12-14(8-10-22-16)20-19(13-5-3-6-15(21)11-13)25-17-7-4-9-23-26(17)20/h3-12H,2H2,1H3,(H,22,24,27). The zero-order valence-corrected chi connectivity index (χ0v) is 15.3. The van der Waals surface area contributed by atoms with Crippen molar-refractivity contribution in [2.45, 2.75) is 13.3 Å². The normalized spacial score (nSPS) is 10.9. The molecule has 0 saturated carbocycles. The Morgan fingerprint density at radius 3 is 2.81 bits per heavy atom. The summed E-state index contributed by atoms with van der Waals surface area (Å²) in [6.07, 6.45) is 3.75. The number of halogens is 1. The second-order valence-corrected chi connectivity index (χ2v) is 6.38. The van der Waals surface area contributed by atoms with Crippen LogP contribution in [0.15, 0.2) is 60.9 Å². The number of hydrogen-bond donors (Lipinski definition) is 1. The molecule has 4 aromatic rings. The fourth-order valence-corrected chi connectivity index (χ4v) is 3.05. The van der Waals surface area contributed by atoms with Crippen LogP contribution in [0, 0.1) is 0 Å². The average molecular weight is 378 g/mol. The minimum Gasteiger partial charge on any atom is -0.311 e. The van der Waals surface area contributed by atoms with Crippen LogP contribution in [0.4, 0.5) is 5.82 Å². The van der Waals surface area contributed by atoms with Crippen molar-refractivity contribution in [3.05, 3.63) is 65.9 Å². The fraction of sp³-hybridized carbons (Fsp3) is 0.100. The van der Waals surface area contributed by atoms with Gasteiger partial charge in [-0.15, -0.1) is 0 Å². The third-order valence-corrected chi connectivity index (χ3v) is 4.35. The molecule has 0 unspecified atom stereocenters. The summed E-state index contributed by atoms with van der Waals surface area (Å²) in [6.45, 7) is 1.80. The van der Waals surface area contributed by atoms with Crippen molar-refractivity contribution >= 4 is 29.0 Å². The van der Waals surface area contributed by atoms with Gasteiger partial charge in [-0.2, -0.15) is 5.10 Å². The quantitative estimate of drug-likeness (QED) is 0.570. The number of nitrogens with one attached hydrogen (secondary N) is 1. The number of pyridine rings is 1. The summed E-state index contributed by atoms with van der Waals surface area (Å²) < 4.78 is 1.77. The third-order valence-electron chi connectivity index (χ3n) is 4.11. The van der Waals surface area contributed by atoms with Crippen molar-refractivity contribution in [1.82, 2.24) is 19.6 Å². The van der Waals surface area contributed by atoms with Gasteiger partial charge in [0.05, 0.1) is 5.69 Å². The maximum Gasteiger partial charge on any atom is 0.225 e. The summed E-state index contributed by atoms with van der Waals surface area (Å²) in [5.41, 5.74) is 4.02. The molecule has 0 aliphatic carbocycles. The lowest BCUT2D eigenvalue weighted by molar-refractivity contribution is -0.115. The van der Waals surface area contributed by atoms with Crippen molar-refractivity contribution in [1.29, 1.82) is 0 Å². The molecule has 1 N–H and O–H groups in total. The summed E-state index contributed by atoms with van der Waals surface area (Å²) >= 11 is 6.18. The summed E-state index contributed by atoms with van der Waals surface area (Å²) in [7, 11) is 0. The van der Waals surface area contributed by atoms with E-state index < -0.39 is 0 Å². The molecular weight excluding hydrogens is 362 g/mol. The number of nitrogens with zero attached hydrogens (tertiary/aromatic N) is 4. The van der Waals surface area contributed by atoms with Gasteiger partial charge in [0.25, 0.3) is 0 Å². The molecule has 0 bridgehead atoms. The van der Waals surface area contributed by atoms with Crippen molar-refractivity contribution in [3.63, 3.8) is 0 Å². The van der Waals surface area contributed by atoms with Crippen molar-refractivity contribution in [2.24, 2.45) is 0 Å². The van der Waals surface area contributed by atoms with Crippen LogP contribution in [0.1, 0.15) is 13.3 Å². The Hall–Kier alpha value is -3.25. The number of rotatable bonds is 4. The third kappa shape index (κ3) is 3.39. The second-order valence-electron chi connectivity index (χ2n) is 5.94. The Labute approximate surface area is 160 Å². The van der Waals surface area contributed by atoms with E-state index in [0.29, 0.717) is 17.3 Å². The molecule has 0 radical (unpaired) electrons. The maximum atomic E-state index is 11.7. The molecule has 1 aromatic carbocycles. The highest BCUT2D eigenvalue weighted by atomic mass is 35.5. The van der Waals surface area contributed by atoms with Gasteiger partial charge in [-0.25, -0.2) is 14.5 Å². The molecule has 0 saturated heterocycles. The molecular formula is C20H16ClN5O. The summed E-state index contributed by atoms with van der Waals surface area (Å²) in [5, 5.41) is 7.87. The zero-order valence-electron chi connectivity index (χ0n) is 14.6. The highest BCUT2D eigenvalue weighted by Gasteiger charge is 2.17. The van der Waals surface area contributed by atoms with Crippen molar-refractivity contribution in [3.8, 4) is 22.5 Å². The van der Waals surface area contributed by atoms with Crippen LogP contribution in [-0.4, -0.2) is 25.5 Å². The number of aromatic nitrogens is 4. The number of carbonyl (C=O) groups is 1. The molecule has 6 nitrogen and oxygen atoms in total. The van der Waals surface area contributed by atoms with E-state index in [4.69, 9.17) is 16.6 Å². The topological polar surface area (TPSA) is 72.2 Å². The lowest BCUT2D eigenvalue weighted by atomic mass is 10.1. The molecule has 0 spiro atoms. The van der Waals surface area contributed by atoms with Gasteiger partial charge in [-0.05, 0) is 36.4 Å². The smallest absolute Gasteiger partial charge is 0.225 e. The van der Waals surface area contributed by atoms with Crippen LogP contribution >= 0.6 is 11.6 Å². The van der Waals surface area contributed by atoms with E-state index in [-0.39, 0.29) is 5.91 Å². The van der Waals surface area contributed by atoms with Gasteiger partial charge in [-0.3, -0.25) is 4.79 Å². The van der Waals surface area contributed by atoms with E-state index in [0.717, 1.165) is 28.2 Å². The molecule has 3 aromatic heterocycles. The number of hydrogen-bond acceptors (Lipinski definition) is 4. The van der Waals surface area contributed by atoms with Gasteiger partial charge in [-0.1, -0.05) is 30.7 Å². The first-order chi connectivity index (χ1) is 13.2. The Kier molecular flexibility index (Phi) is 4.56. The number of amides is 1. The van der Waals surface area contributed by atoms with Crippen LogP contribution in [0.5, 0.6) is 0 Å². The van der Waals surface area contributed by atoms with Gasteiger partial charge < -0.3 is 5.32 Å². The number of anilines is 1. The zero-order chi connectivity index (χ0) is 18.8. The Bertz CT molecular complexity index is 1140. The number of carbonyl (C=O) groups excluding carboxylic acids is 1. The number of fused-ring (bicyclic) bond motifs is 1. The van der Waals surface area contributed by atoms with Gasteiger partial charge in [0.2, 0.25) is 5.91 Å². The van der Waals surface area contributed by atoms with Gasteiger partial charge in [0.15, 0.2) is 5.65 Å². The molecule has 0 atom stereocenters. The molecule has 1 amide bonds. The minimum atomic E-state index is -0.0917. The molecule has 0 aliphatic heterocycles. The molecule has 0 fully saturated rings. The first-order valence-corrected chi connectivity index (χ1v) is 8.89. The summed E-state index contributed by atoms with van der Waals surface area (Å²) in [5.74, 6) is 0.397. The van der Waals surface area contributed by atoms with E-state index >= 15 is 0 Å². The fourth-order valence-electron chi connectivity index (χ4n) is 2.86. The number of imidazole rings is 1. The molecule has 134 valence electrons. The second kappa shape index (κ2) is 7.17. The van der Waals surface area contributed by atoms with Crippen LogP contribution < -0.4 is 5.32 Å². The van der Waals surface area contributed by atoms with E-state index in [2.05, 4.69) is 15.4 Å². The van der Waals surface area contributed by atoms with E-state index in [9.17, 15) is 4.79 Å². The highest BCUT2D eigenvalue weighted by Crippen LogP contribution is 2.33. The SMILES string of the molecule is CCC(=O)Nc1cc(-c2c(-c3cccc(Cl)c3)nc3cccnn23)ccn1. The van der Waals surface area contributed by atoms with E-state index in [1.165, 1.54) is 0 Å². The first kappa shape index (κ1) is 17.2. The first-order valence-electron chi connectivity index (χ1n) is 8.51. The van der Waals surface area contributed by atoms with E-state index in [1.54, 1.807) is 23.8 Å². The highest BCUT2D eigenvalue weighted by molar-refractivity contribution is 6.30. The van der Waals surface area contributed by atoms with Crippen molar-refractivity contribution < 1.29 is 4.79 Å². The Morgan fingerprint density at radius 2 is 2.00 bits per heavy atom. The predicted molar refractivity (Wildman–Crippen MR) is 106 cm³/mol. The molecule has 3 heterocycles. The minimum absolute atomic E-state index is 0.0917. The van der Waals surface area contributed by atoms with Crippen LogP contribution in [0.2, 0.25) is 5.02 Å².